The second kappa shape index (κ2) is 6.82. The third kappa shape index (κ3) is 3.90. The van der Waals surface area contributed by atoms with Crippen LogP contribution >= 0.6 is 15.9 Å². The number of nitrogens with zero attached hydrogens (tertiary/aromatic N) is 1. The van der Waals surface area contributed by atoms with Gasteiger partial charge in [0.05, 0.1) is 18.4 Å². The van der Waals surface area contributed by atoms with Crippen LogP contribution in [0.15, 0.2) is 34.3 Å². The van der Waals surface area contributed by atoms with Crippen molar-refractivity contribution in [2.24, 2.45) is 0 Å². The van der Waals surface area contributed by atoms with Crippen molar-refractivity contribution >= 4 is 27.6 Å². The number of carbonyl (C=O) groups excluding carboxylic acids is 1. The van der Waals surface area contributed by atoms with Crippen LogP contribution in [0.2, 0.25) is 0 Å². The molecule has 0 heterocycles. The third-order valence-corrected chi connectivity index (χ3v) is 2.80. The maximum atomic E-state index is 11.2. The molecule has 0 saturated carbocycles. The summed E-state index contributed by atoms with van der Waals surface area (Å²) in [6.07, 6.45) is 1.72. The summed E-state index contributed by atoms with van der Waals surface area (Å²) >= 11 is 3.34. The molecule has 0 saturated heterocycles. The van der Waals surface area contributed by atoms with Crippen LogP contribution < -0.4 is 5.32 Å². The number of nitriles is 1. The Bertz CT molecular complexity index is 518. The fraction of sp³-hybridized carbons (Fsp3) is 0.231. The maximum Gasteiger partial charge on any atom is 0.333 e. The lowest BCUT2D eigenvalue weighted by Gasteiger charge is -2.07. The molecule has 0 aliphatic carbocycles. The number of halogens is 1. The minimum Gasteiger partial charge on any atom is -0.466 e. The first kappa shape index (κ1) is 14.3. The Kier molecular flexibility index (Phi) is 5.40. The summed E-state index contributed by atoms with van der Waals surface area (Å²) < 4.78 is 5.47. The van der Waals surface area contributed by atoms with E-state index in [1.165, 1.54) is 7.11 Å². The Morgan fingerprint density at radius 2 is 2.33 bits per heavy atom. The van der Waals surface area contributed by atoms with E-state index in [0.717, 1.165) is 10.2 Å². The molecule has 0 unspecified atom stereocenters. The molecular weight excluding hydrogens is 296 g/mol. The van der Waals surface area contributed by atoms with Crippen molar-refractivity contribution in [2.45, 2.75) is 6.92 Å². The van der Waals surface area contributed by atoms with Crippen LogP contribution in [0.4, 0.5) is 5.69 Å². The molecule has 0 aliphatic rings. The van der Waals surface area contributed by atoms with Gasteiger partial charge < -0.3 is 10.1 Å². The van der Waals surface area contributed by atoms with Crippen molar-refractivity contribution in [1.82, 2.24) is 0 Å². The first-order valence-corrected chi connectivity index (χ1v) is 6.06. The van der Waals surface area contributed by atoms with Gasteiger partial charge in [-0.25, -0.2) is 4.79 Å². The SMILES string of the molecule is COC(=O)/C(C)=C/CNc1cc(Br)ccc1C#N. The average molecular weight is 309 g/mol. The third-order valence-electron chi connectivity index (χ3n) is 2.31. The fourth-order valence-corrected chi connectivity index (χ4v) is 1.68. The smallest absolute Gasteiger partial charge is 0.333 e. The van der Waals surface area contributed by atoms with Crippen LogP contribution in [0, 0.1) is 11.3 Å². The summed E-state index contributed by atoms with van der Waals surface area (Å²) in [4.78, 5) is 11.2. The van der Waals surface area contributed by atoms with Crippen molar-refractivity contribution < 1.29 is 9.53 Å². The van der Waals surface area contributed by atoms with Gasteiger partial charge in [-0.3, -0.25) is 0 Å². The van der Waals surface area contributed by atoms with Gasteiger partial charge >= 0.3 is 5.97 Å². The lowest BCUT2D eigenvalue weighted by molar-refractivity contribution is -0.136. The van der Waals surface area contributed by atoms with Gasteiger partial charge in [0.2, 0.25) is 0 Å². The van der Waals surface area contributed by atoms with E-state index in [2.05, 4.69) is 32.1 Å². The largest absolute Gasteiger partial charge is 0.466 e. The van der Waals surface area contributed by atoms with E-state index in [9.17, 15) is 4.79 Å². The van der Waals surface area contributed by atoms with Crippen molar-refractivity contribution in [3.63, 3.8) is 0 Å². The maximum absolute atomic E-state index is 11.2. The molecule has 1 rings (SSSR count). The quantitative estimate of drug-likeness (QED) is 0.686. The van der Waals surface area contributed by atoms with E-state index in [1.54, 1.807) is 25.1 Å². The molecule has 0 bridgehead atoms. The fourth-order valence-electron chi connectivity index (χ4n) is 1.32. The first-order valence-electron chi connectivity index (χ1n) is 5.27. The Morgan fingerprint density at radius 3 is 2.94 bits per heavy atom. The molecule has 0 amide bonds. The van der Waals surface area contributed by atoms with Gasteiger partial charge in [0.15, 0.2) is 0 Å². The second-order valence-corrected chi connectivity index (χ2v) is 4.48. The van der Waals surface area contributed by atoms with Crippen LogP contribution in [0.25, 0.3) is 0 Å². The standard InChI is InChI=1S/C13H13BrN2O2/c1-9(13(17)18-2)5-6-16-12-7-11(14)4-3-10(12)8-15/h3-5,7,16H,6H2,1-2H3/b9-5+. The van der Waals surface area contributed by atoms with Crippen molar-refractivity contribution in [3.8, 4) is 6.07 Å². The number of nitrogens with one attached hydrogen (secondary N) is 1. The molecule has 0 spiro atoms. The number of hydrogen-bond acceptors (Lipinski definition) is 4. The molecule has 94 valence electrons. The number of hydrogen-bond donors (Lipinski definition) is 1. The van der Waals surface area contributed by atoms with E-state index in [4.69, 9.17) is 5.26 Å². The Balaban J connectivity index is 2.73. The Hall–Kier alpha value is -1.80. The zero-order chi connectivity index (χ0) is 13.5. The highest BCUT2D eigenvalue weighted by Gasteiger charge is 2.03. The Labute approximate surface area is 114 Å². The number of carbonyl (C=O) groups is 1. The molecule has 1 aromatic rings. The van der Waals surface area contributed by atoms with Crippen LogP contribution in [0.3, 0.4) is 0 Å². The lowest BCUT2D eigenvalue weighted by atomic mass is 10.2. The predicted molar refractivity (Wildman–Crippen MR) is 73.1 cm³/mol. The zero-order valence-electron chi connectivity index (χ0n) is 10.2. The van der Waals surface area contributed by atoms with Crippen LogP contribution in [0.5, 0.6) is 0 Å². The minimum atomic E-state index is -0.355. The van der Waals surface area contributed by atoms with Crippen molar-refractivity contribution in [2.75, 3.05) is 19.0 Å². The summed E-state index contributed by atoms with van der Waals surface area (Å²) in [5, 5.41) is 12.0. The van der Waals surface area contributed by atoms with Crippen LogP contribution in [0.1, 0.15) is 12.5 Å². The molecule has 0 aliphatic heterocycles. The first-order chi connectivity index (χ1) is 8.58. The Morgan fingerprint density at radius 1 is 1.61 bits per heavy atom. The lowest BCUT2D eigenvalue weighted by Crippen LogP contribution is -2.06. The van der Waals surface area contributed by atoms with Gasteiger partial charge in [0, 0.05) is 16.6 Å². The molecule has 1 N–H and O–H groups in total. The van der Waals surface area contributed by atoms with Gasteiger partial charge in [-0.15, -0.1) is 0 Å². The molecule has 18 heavy (non-hydrogen) atoms. The number of methoxy groups -OCH3 is 1. The van der Waals surface area contributed by atoms with E-state index < -0.39 is 0 Å². The number of benzene rings is 1. The zero-order valence-corrected chi connectivity index (χ0v) is 11.7. The van der Waals surface area contributed by atoms with Crippen LogP contribution in [-0.4, -0.2) is 19.6 Å². The molecule has 0 aromatic heterocycles. The average Bonchev–Trinajstić information content (AvgIpc) is 2.38. The number of esters is 1. The van der Waals surface area contributed by atoms with E-state index in [-0.39, 0.29) is 5.97 Å². The summed E-state index contributed by atoms with van der Waals surface area (Å²) in [6.45, 7) is 2.13. The van der Waals surface area contributed by atoms with Crippen molar-refractivity contribution in [3.05, 3.63) is 39.9 Å². The number of rotatable bonds is 4. The second-order valence-electron chi connectivity index (χ2n) is 3.56. The molecule has 0 fully saturated rings. The summed E-state index contributed by atoms with van der Waals surface area (Å²) in [6, 6.07) is 7.45. The van der Waals surface area contributed by atoms with Gasteiger partial charge in [-0.1, -0.05) is 22.0 Å². The summed E-state index contributed by atoms with van der Waals surface area (Å²) in [5.74, 6) is -0.355. The highest BCUT2D eigenvalue weighted by molar-refractivity contribution is 9.10. The summed E-state index contributed by atoms with van der Waals surface area (Å²) in [5.41, 5.74) is 1.81. The van der Waals surface area contributed by atoms with Crippen molar-refractivity contribution in [1.29, 1.82) is 5.26 Å². The van der Waals surface area contributed by atoms with E-state index in [0.29, 0.717) is 17.7 Å². The monoisotopic (exact) mass is 308 g/mol. The normalized spacial score (nSPS) is 10.7. The number of anilines is 1. The van der Waals surface area contributed by atoms with E-state index in [1.807, 2.05) is 6.07 Å². The molecule has 1 aromatic carbocycles. The molecule has 0 radical (unpaired) electrons. The topological polar surface area (TPSA) is 62.1 Å². The summed E-state index contributed by atoms with van der Waals surface area (Å²) in [7, 11) is 1.34. The molecule has 4 nitrogen and oxygen atoms in total. The highest BCUT2D eigenvalue weighted by atomic mass is 79.9. The van der Waals surface area contributed by atoms with Gasteiger partial charge in [0.1, 0.15) is 6.07 Å². The van der Waals surface area contributed by atoms with Gasteiger partial charge in [-0.2, -0.15) is 5.26 Å². The van der Waals surface area contributed by atoms with Gasteiger partial charge in [-0.05, 0) is 25.1 Å². The minimum absolute atomic E-state index is 0.355. The van der Waals surface area contributed by atoms with Crippen LogP contribution in [-0.2, 0) is 9.53 Å². The number of ether oxygens (including phenoxy) is 1. The molecular formula is C13H13BrN2O2. The van der Waals surface area contributed by atoms with Gasteiger partial charge in [0.25, 0.3) is 0 Å². The molecule has 0 atom stereocenters. The molecule has 5 heteroatoms. The predicted octanol–water partition coefficient (Wildman–Crippen LogP) is 2.85. The highest BCUT2D eigenvalue weighted by Crippen LogP contribution is 2.20. The van der Waals surface area contributed by atoms with E-state index >= 15 is 0 Å².